The van der Waals surface area contributed by atoms with Crippen LogP contribution in [0.25, 0.3) is 0 Å². The number of hydrogen-bond acceptors (Lipinski definition) is 11. The van der Waals surface area contributed by atoms with Crippen LogP contribution in [-0.2, 0) is 19.5 Å². The molecule has 15 heteroatoms. The van der Waals surface area contributed by atoms with Crippen LogP contribution < -0.4 is 0 Å². The fourth-order valence-electron chi connectivity index (χ4n) is 4.46. The molecule has 1 saturated carbocycles. The van der Waals surface area contributed by atoms with Crippen molar-refractivity contribution >= 4 is 6.09 Å². The molecule has 1 amide bonds. The third-order valence-electron chi connectivity index (χ3n) is 5.99. The Morgan fingerprint density at radius 3 is 2.60 bits per heavy atom. The van der Waals surface area contributed by atoms with Gasteiger partial charge in [0.05, 0.1) is 17.9 Å². The van der Waals surface area contributed by atoms with Gasteiger partial charge in [-0.3, -0.25) is 4.90 Å². The number of amides is 1. The normalized spacial score (nSPS) is 15.3. The van der Waals surface area contributed by atoms with Crippen LogP contribution >= 0.6 is 0 Å². The molecule has 184 valence electrons. The summed E-state index contributed by atoms with van der Waals surface area (Å²) in [6.45, 7) is 2.26. The van der Waals surface area contributed by atoms with Crippen molar-refractivity contribution in [2.24, 2.45) is 0 Å². The van der Waals surface area contributed by atoms with Crippen LogP contribution in [0.5, 0.6) is 0 Å². The minimum atomic E-state index is -0.996. The van der Waals surface area contributed by atoms with Crippen molar-refractivity contribution in [3.63, 3.8) is 0 Å². The first kappa shape index (κ1) is 22.6. The molecule has 15 nitrogen and oxygen atoms in total. The molecule has 4 aromatic heterocycles. The Morgan fingerprint density at radius 1 is 1.11 bits per heavy atom. The van der Waals surface area contributed by atoms with Gasteiger partial charge in [-0.15, -0.1) is 10.2 Å². The molecule has 1 atom stereocenters. The average molecular weight is 483 g/mol. The number of hydrogen-bond donors (Lipinski definition) is 1. The van der Waals surface area contributed by atoms with E-state index in [2.05, 4.69) is 40.9 Å². The van der Waals surface area contributed by atoms with Crippen molar-refractivity contribution < 1.29 is 18.9 Å². The minimum Gasteiger partial charge on any atom is -0.465 e. The Hall–Kier alpha value is -4.17. The van der Waals surface area contributed by atoms with Crippen molar-refractivity contribution in [2.75, 3.05) is 0 Å². The summed E-state index contributed by atoms with van der Waals surface area (Å²) in [5.41, 5.74) is 1.13. The van der Waals surface area contributed by atoms with Gasteiger partial charge in [0.15, 0.2) is 11.6 Å². The van der Waals surface area contributed by atoms with Crippen molar-refractivity contribution in [3.05, 3.63) is 47.7 Å². The maximum Gasteiger partial charge on any atom is 0.408 e. The van der Waals surface area contributed by atoms with E-state index in [0.717, 1.165) is 32.1 Å². The third kappa shape index (κ3) is 5.33. The summed E-state index contributed by atoms with van der Waals surface area (Å²) in [4.78, 5) is 22.2. The van der Waals surface area contributed by atoms with Gasteiger partial charge in [-0.2, -0.15) is 9.97 Å². The highest BCUT2D eigenvalue weighted by Gasteiger charge is 2.35. The van der Waals surface area contributed by atoms with E-state index in [4.69, 9.17) is 9.05 Å². The largest absolute Gasteiger partial charge is 0.465 e. The van der Waals surface area contributed by atoms with E-state index in [0.29, 0.717) is 35.5 Å². The molecule has 5 rings (SSSR count). The summed E-state index contributed by atoms with van der Waals surface area (Å²) in [5.74, 6) is 1.38. The molecule has 0 radical (unpaired) electrons. The van der Waals surface area contributed by atoms with Crippen molar-refractivity contribution in [1.29, 1.82) is 0 Å². The Bertz CT molecular complexity index is 1240. The minimum absolute atomic E-state index is 0.106. The molecule has 1 fully saturated rings. The Morgan fingerprint density at radius 2 is 1.89 bits per heavy atom. The van der Waals surface area contributed by atoms with Gasteiger partial charge in [0.2, 0.25) is 12.3 Å². The number of nitrogens with zero attached hydrogens (tertiary/aromatic N) is 11. The predicted molar refractivity (Wildman–Crippen MR) is 115 cm³/mol. The molecule has 1 aliphatic rings. The van der Waals surface area contributed by atoms with E-state index in [1.54, 1.807) is 28.7 Å². The lowest BCUT2D eigenvalue weighted by molar-refractivity contribution is 0.0814. The number of carboxylic acid groups (broad SMARTS) is 1. The molecule has 0 bridgehead atoms. The van der Waals surface area contributed by atoms with Crippen LogP contribution in [0.15, 0.2) is 27.8 Å². The van der Waals surface area contributed by atoms with Crippen LogP contribution in [0, 0.1) is 6.92 Å². The lowest BCUT2D eigenvalue weighted by Crippen LogP contribution is -2.44. The highest BCUT2D eigenvalue weighted by Crippen LogP contribution is 2.32. The van der Waals surface area contributed by atoms with E-state index in [1.165, 1.54) is 11.3 Å². The number of carbonyl (C=O) groups is 1. The topological polar surface area (TPSA) is 180 Å². The van der Waals surface area contributed by atoms with Crippen LogP contribution in [0.4, 0.5) is 4.79 Å². The molecule has 1 N–H and O–H groups in total. The zero-order chi connectivity index (χ0) is 24.2. The van der Waals surface area contributed by atoms with E-state index in [1.807, 2.05) is 0 Å². The second-order valence-electron chi connectivity index (χ2n) is 8.53. The highest BCUT2D eigenvalue weighted by atomic mass is 16.5. The Labute approximate surface area is 199 Å². The van der Waals surface area contributed by atoms with E-state index < -0.39 is 12.1 Å². The number of aromatic nitrogens is 10. The van der Waals surface area contributed by atoms with E-state index in [-0.39, 0.29) is 19.0 Å². The maximum absolute atomic E-state index is 12.5. The van der Waals surface area contributed by atoms with Gasteiger partial charge < -0.3 is 14.2 Å². The lowest BCUT2D eigenvalue weighted by Gasteiger charge is -2.37. The van der Waals surface area contributed by atoms with Crippen LogP contribution in [0.3, 0.4) is 0 Å². The maximum atomic E-state index is 12.5. The van der Waals surface area contributed by atoms with Crippen molar-refractivity contribution in [2.45, 2.75) is 70.6 Å². The standard InChI is InChI=1S/C20H25N11O4/c1-13-22-19(26-35-13)11-30-9-16(24-28-30)17(31(20(32)33)15-5-3-2-4-6-15)7-14-8-29(27-23-14)10-18-21-12-34-25-18/h8-9,12,15,17H,2-7,10-11H2,1H3,(H,32,33). The monoisotopic (exact) mass is 483 g/mol. The molecular formula is C20H25N11O4. The molecule has 1 unspecified atom stereocenters. The van der Waals surface area contributed by atoms with Gasteiger partial charge in [0, 0.05) is 25.6 Å². The molecule has 0 spiro atoms. The van der Waals surface area contributed by atoms with Gasteiger partial charge in [-0.25, -0.2) is 14.2 Å². The third-order valence-corrected chi connectivity index (χ3v) is 5.99. The average Bonchev–Trinajstić information content (AvgIpc) is 3.65. The Kier molecular flexibility index (Phi) is 6.45. The molecule has 4 aromatic rings. The molecule has 4 heterocycles. The molecule has 0 aliphatic heterocycles. The lowest BCUT2D eigenvalue weighted by atomic mass is 9.92. The van der Waals surface area contributed by atoms with Crippen LogP contribution in [0.2, 0.25) is 0 Å². The van der Waals surface area contributed by atoms with Crippen LogP contribution in [-0.4, -0.2) is 72.4 Å². The molecule has 1 aliphatic carbocycles. The zero-order valence-corrected chi connectivity index (χ0v) is 19.1. The van der Waals surface area contributed by atoms with E-state index in [9.17, 15) is 9.90 Å². The molecular weight excluding hydrogens is 458 g/mol. The number of rotatable bonds is 9. The van der Waals surface area contributed by atoms with E-state index >= 15 is 0 Å². The summed E-state index contributed by atoms with van der Waals surface area (Å²) in [7, 11) is 0. The molecule has 35 heavy (non-hydrogen) atoms. The predicted octanol–water partition coefficient (Wildman–Crippen LogP) is 1.64. The second kappa shape index (κ2) is 9.99. The molecule has 0 saturated heterocycles. The Balaban J connectivity index is 1.41. The van der Waals surface area contributed by atoms with Gasteiger partial charge in [0.25, 0.3) is 0 Å². The van der Waals surface area contributed by atoms with Gasteiger partial charge in [0.1, 0.15) is 18.8 Å². The SMILES string of the molecule is Cc1nc(Cn2cc(C(Cc3cn(Cc4ncon4)nn3)N(C(=O)O)C3CCCCC3)nn2)no1. The fraction of sp³-hybridized carbons (Fsp3) is 0.550. The molecule has 0 aromatic carbocycles. The highest BCUT2D eigenvalue weighted by molar-refractivity contribution is 5.66. The fourth-order valence-corrected chi connectivity index (χ4v) is 4.46. The second-order valence-corrected chi connectivity index (χ2v) is 8.53. The van der Waals surface area contributed by atoms with Crippen molar-refractivity contribution in [1.82, 2.24) is 55.2 Å². The summed E-state index contributed by atoms with van der Waals surface area (Å²) in [6, 6.07) is -0.697. The van der Waals surface area contributed by atoms with Gasteiger partial charge in [-0.05, 0) is 12.8 Å². The zero-order valence-electron chi connectivity index (χ0n) is 19.1. The summed E-state index contributed by atoms with van der Waals surface area (Å²) in [5, 5.41) is 34.8. The smallest absolute Gasteiger partial charge is 0.408 e. The van der Waals surface area contributed by atoms with Gasteiger partial charge in [-0.1, -0.05) is 40.0 Å². The number of aryl methyl sites for hydroxylation is 1. The first-order valence-corrected chi connectivity index (χ1v) is 11.4. The summed E-state index contributed by atoms with van der Waals surface area (Å²) >= 11 is 0. The van der Waals surface area contributed by atoms with Crippen molar-refractivity contribution in [3.8, 4) is 0 Å². The summed E-state index contributed by atoms with van der Waals surface area (Å²) < 4.78 is 12.9. The summed E-state index contributed by atoms with van der Waals surface area (Å²) in [6.07, 6.45) is 8.72. The first-order chi connectivity index (χ1) is 17.0. The van der Waals surface area contributed by atoms with Gasteiger partial charge >= 0.3 is 6.09 Å². The van der Waals surface area contributed by atoms with Crippen LogP contribution in [0.1, 0.15) is 67.1 Å². The first-order valence-electron chi connectivity index (χ1n) is 11.4. The quantitative estimate of drug-likeness (QED) is 0.364.